The number of anilines is 2. The molecule has 3 heterocycles. The molecule has 0 unspecified atom stereocenters. The lowest BCUT2D eigenvalue weighted by Gasteiger charge is -2.31. The molecule has 1 fully saturated rings. The van der Waals surface area contributed by atoms with Gasteiger partial charge in [-0.25, -0.2) is 9.97 Å². The molecule has 1 saturated heterocycles. The summed E-state index contributed by atoms with van der Waals surface area (Å²) < 4.78 is 6.84. The van der Waals surface area contributed by atoms with Crippen molar-refractivity contribution in [2.45, 2.75) is 19.8 Å². The third-order valence-corrected chi connectivity index (χ3v) is 5.48. The molecule has 8 nitrogen and oxygen atoms in total. The van der Waals surface area contributed by atoms with Gasteiger partial charge in [0.2, 0.25) is 0 Å². The van der Waals surface area contributed by atoms with Crippen LogP contribution in [0, 0.1) is 5.92 Å². The number of ether oxygens (including phenoxy) is 1. The lowest BCUT2D eigenvalue weighted by atomic mass is 9.99. The van der Waals surface area contributed by atoms with Crippen LogP contribution in [0.3, 0.4) is 0 Å². The number of carbonyl (C=O) groups is 1. The number of benzene rings is 1. The first-order valence-electron chi connectivity index (χ1n) is 10.1. The van der Waals surface area contributed by atoms with Gasteiger partial charge in [0.1, 0.15) is 29.4 Å². The minimum atomic E-state index is -0.268. The van der Waals surface area contributed by atoms with Crippen molar-refractivity contribution in [1.29, 1.82) is 0 Å². The summed E-state index contributed by atoms with van der Waals surface area (Å²) in [5.74, 6) is 2.54. The standard InChI is InChI=1S/C22H26N6O2/c1-15-7-9-28(10-8-15)21-13-20(23-14-24-21)25-22(29)19-12-18(26-27(19)2)16-5-4-6-17(11-16)30-3/h4-6,11-15H,7-10H2,1-3H3,(H,23,24,25,29). The highest BCUT2D eigenvalue weighted by Gasteiger charge is 2.19. The fourth-order valence-corrected chi connectivity index (χ4v) is 3.61. The van der Waals surface area contributed by atoms with E-state index in [0.29, 0.717) is 17.2 Å². The second-order valence-electron chi connectivity index (χ2n) is 7.66. The van der Waals surface area contributed by atoms with E-state index < -0.39 is 0 Å². The van der Waals surface area contributed by atoms with Crippen LogP contribution in [0.15, 0.2) is 42.7 Å². The number of hydrogen-bond acceptors (Lipinski definition) is 6. The molecule has 1 aliphatic rings. The van der Waals surface area contributed by atoms with Crippen LogP contribution in [0.4, 0.5) is 11.6 Å². The summed E-state index contributed by atoms with van der Waals surface area (Å²) in [5, 5.41) is 7.35. The van der Waals surface area contributed by atoms with E-state index in [1.54, 1.807) is 24.9 Å². The van der Waals surface area contributed by atoms with Gasteiger partial charge in [0.15, 0.2) is 0 Å². The topological polar surface area (TPSA) is 85.2 Å². The zero-order chi connectivity index (χ0) is 21.1. The third kappa shape index (κ3) is 4.27. The van der Waals surface area contributed by atoms with Gasteiger partial charge >= 0.3 is 0 Å². The minimum absolute atomic E-state index is 0.268. The van der Waals surface area contributed by atoms with Crippen molar-refractivity contribution >= 4 is 17.5 Å². The third-order valence-electron chi connectivity index (χ3n) is 5.48. The number of rotatable bonds is 5. The molecule has 3 aromatic rings. The number of hydrogen-bond donors (Lipinski definition) is 1. The van der Waals surface area contributed by atoms with Gasteiger partial charge in [0.05, 0.1) is 12.8 Å². The molecule has 2 aromatic heterocycles. The smallest absolute Gasteiger partial charge is 0.275 e. The van der Waals surface area contributed by atoms with Crippen LogP contribution in [0.1, 0.15) is 30.3 Å². The number of piperidine rings is 1. The molecule has 30 heavy (non-hydrogen) atoms. The van der Waals surface area contributed by atoms with Crippen molar-refractivity contribution in [3.63, 3.8) is 0 Å². The summed E-state index contributed by atoms with van der Waals surface area (Å²) in [7, 11) is 3.37. The Morgan fingerprint density at radius 2 is 1.97 bits per heavy atom. The van der Waals surface area contributed by atoms with E-state index in [0.717, 1.165) is 49.0 Å². The molecular weight excluding hydrogens is 380 g/mol. The van der Waals surface area contributed by atoms with E-state index in [4.69, 9.17) is 4.74 Å². The van der Waals surface area contributed by atoms with Gasteiger partial charge in [-0.2, -0.15) is 5.10 Å². The van der Waals surface area contributed by atoms with E-state index in [9.17, 15) is 4.79 Å². The Labute approximate surface area is 175 Å². The second-order valence-corrected chi connectivity index (χ2v) is 7.66. The molecule has 0 bridgehead atoms. The fourth-order valence-electron chi connectivity index (χ4n) is 3.61. The van der Waals surface area contributed by atoms with Gasteiger partial charge in [-0.3, -0.25) is 9.48 Å². The number of carbonyl (C=O) groups excluding carboxylic acids is 1. The average molecular weight is 406 g/mol. The molecule has 0 spiro atoms. The monoisotopic (exact) mass is 406 g/mol. The van der Waals surface area contributed by atoms with Crippen LogP contribution >= 0.6 is 0 Å². The molecule has 1 amide bonds. The molecule has 156 valence electrons. The van der Waals surface area contributed by atoms with E-state index in [2.05, 4.69) is 32.2 Å². The molecule has 1 aliphatic heterocycles. The average Bonchev–Trinajstić information content (AvgIpc) is 3.16. The van der Waals surface area contributed by atoms with Crippen molar-refractivity contribution < 1.29 is 9.53 Å². The number of nitrogens with one attached hydrogen (secondary N) is 1. The van der Waals surface area contributed by atoms with Crippen molar-refractivity contribution in [3.8, 4) is 17.0 Å². The Balaban J connectivity index is 1.50. The van der Waals surface area contributed by atoms with E-state index in [1.165, 1.54) is 6.33 Å². The Morgan fingerprint density at radius 3 is 2.73 bits per heavy atom. The van der Waals surface area contributed by atoms with Gasteiger partial charge < -0.3 is 15.0 Å². The highest BCUT2D eigenvalue weighted by Crippen LogP contribution is 2.25. The van der Waals surface area contributed by atoms with Crippen LogP contribution in [-0.2, 0) is 7.05 Å². The zero-order valence-electron chi connectivity index (χ0n) is 17.5. The van der Waals surface area contributed by atoms with Crippen molar-refractivity contribution in [2.24, 2.45) is 13.0 Å². The first-order valence-corrected chi connectivity index (χ1v) is 10.1. The van der Waals surface area contributed by atoms with Crippen molar-refractivity contribution in [2.75, 3.05) is 30.4 Å². The first-order chi connectivity index (χ1) is 14.5. The highest BCUT2D eigenvalue weighted by atomic mass is 16.5. The lowest BCUT2D eigenvalue weighted by Crippen LogP contribution is -2.33. The molecule has 1 N–H and O–H groups in total. The largest absolute Gasteiger partial charge is 0.497 e. The summed E-state index contributed by atoms with van der Waals surface area (Å²) in [6.45, 7) is 4.21. The maximum absolute atomic E-state index is 12.9. The highest BCUT2D eigenvalue weighted by molar-refractivity contribution is 6.03. The Morgan fingerprint density at radius 1 is 1.17 bits per heavy atom. The number of aryl methyl sites for hydroxylation is 1. The zero-order valence-corrected chi connectivity index (χ0v) is 17.5. The van der Waals surface area contributed by atoms with Gasteiger partial charge in [0, 0.05) is 31.8 Å². The lowest BCUT2D eigenvalue weighted by molar-refractivity contribution is 0.101. The quantitative estimate of drug-likeness (QED) is 0.699. The van der Waals surface area contributed by atoms with Gasteiger partial charge in [-0.1, -0.05) is 19.1 Å². The predicted octanol–water partition coefficient (Wildman–Crippen LogP) is 3.37. The first kappa shape index (κ1) is 19.9. The second kappa shape index (κ2) is 8.52. The molecule has 1 aromatic carbocycles. The number of aromatic nitrogens is 4. The Hall–Kier alpha value is -3.42. The summed E-state index contributed by atoms with van der Waals surface area (Å²) >= 11 is 0. The molecule has 4 rings (SSSR count). The summed E-state index contributed by atoms with van der Waals surface area (Å²) in [6, 6.07) is 11.2. The maximum Gasteiger partial charge on any atom is 0.275 e. The van der Waals surface area contributed by atoms with Crippen molar-refractivity contribution in [1.82, 2.24) is 19.7 Å². The predicted molar refractivity (Wildman–Crippen MR) is 116 cm³/mol. The van der Waals surface area contributed by atoms with E-state index in [-0.39, 0.29) is 5.91 Å². The number of amides is 1. The van der Waals surface area contributed by atoms with Crippen LogP contribution in [0.25, 0.3) is 11.3 Å². The molecule has 0 radical (unpaired) electrons. The van der Waals surface area contributed by atoms with E-state index >= 15 is 0 Å². The van der Waals surface area contributed by atoms with Gasteiger partial charge in [-0.05, 0) is 37.0 Å². The summed E-state index contributed by atoms with van der Waals surface area (Å²) in [5.41, 5.74) is 2.03. The van der Waals surface area contributed by atoms with Gasteiger partial charge in [-0.15, -0.1) is 0 Å². The molecular formula is C22H26N6O2. The summed E-state index contributed by atoms with van der Waals surface area (Å²) in [6.07, 6.45) is 3.79. The normalized spacial score (nSPS) is 14.6. The number of methoxy groups -OCH3 is 1. The van der Waals surface area contributed by atoms with Crippen LogP contribution < -0.4 is 15.0 Å². The molecule has 0 aliphatic carbocycles. The molecule has 0 saturated carbocycles. The number of nitrogens with zero attached hydrogens (tertiary/aromatic N) is 5. The summed E-state index contributed by atoms with van der Waals surface area (Å²) in [4.78, 5) is 23.7. The fraction of sp³-hybridized carbons (Fsp3) is 0.364. The van der Waals surface area contributed by atoms with Gasteiger partial charge in [0.25, 0.3) is 5.91 Å². The Bertz CT molecular complexity index is 1040. The Kier molecular flexibility index (Phi) is 5.65. The minimum Gasteiger partial charge on any atom is -0.497 e. The van der Waals surface area contributed by atoms with Crippen molar-refractivity contribution in [3.05, 3.63) is 48.4 Å². The molecule has 8 heteroatoms. The van der Waals surface area contributed by atoms with Crippen LogP contribution in [-0.4, -0.2) is 45.9 Å². The van der Waals surface area contributed by atoms with Crippen LogP contribution in [0.5, 0.6) is 5.75 Å². The van der Waals surface area contributed by atoms with Crippen LogP contribution in [0.2, 0.25) is 0 Å². The molecule has 0 atom stereocenters. The van der Waals surface area contributed by atoms with E-state index in [1.807, 2.05) is 30.3 Å². The SMILES string of the molecule is COc1cccc(-c2cc(C(=O)Nc3cc(N4CCC(C)CC4)ncn3)n(C)n2)c1. The maximum atomic E-state index is 12.9.